The molecule has 2 aromatic carbocycles. The largest absolute Gasteiger partial charge is 0.481 e. The second kappa shape index (κ2) is 7.60. The summed E-state index contributed by atoms with van der Waals surface area (Å²) in [7, 11) is 0. The molecule has 4 N–H and O–H groups in total. The molecule has 1 amide bonds. The van der Waals surface area contributed by atoms with Crippen LogP contribution in [0.1, 0.15) is 15.9 Å². The molecule has 7 nitrogen and oxygen atoms in total. The van der Waals surface area contributed by atoms with Crippen molar-refractivity contribution in [2.75, 3.05) is 12.3 Å². The fraction of sp³-hybridized carbons (Fsp3) is 0.0625. The Kier molecular flexibility index (Phi) is 5.30. The van der Waals surface area contributed by atoms with Crippen LogP contribution in [0.3, 0.4) is 0 Å². The first-order valence-electron chi connectivity index (χ1n) is 6.69. The van der Waals surface area contributed by atoms with Gasteiger partial charge in [-0.15, -0.1) is 0 Å². The molecule has 0 aliphatic carbocycles. The topological polar surface area (TPSA) is 114 Å². The van der Waals surface area contributed by atoms with Crippen molar-refractivity contribution in [2.24, 2.45) is 5.10 Å². The van der Waals surface area contributed by atoms with Crippen LogP contribution in [0.15, 0.2) is 53.6 Å². The number of anilines is 1. The molecule has 0 aliphatic heterocycles. The minimum absolute atomic E-state index is 0.361. The number of rotatable bonds is 6. The summed E-state index contributed by atoms with van der Waals surface area (Å²) in [4.78, 5) is 22.4. The van der Waals surface area contributed by atoms with Crippen molar-refractivity contribution in [3.05, 3.63) is 59.7 Å². The Balaban J connectivity index is 2.01. The number of nitrogens with one attached hydrogen (secondary N) is 1. The average Bonchev–Trinajstić information content (AvgIpc) is 2.54. The van der Waals surface area contributed by atoms with Gasteiger partial charge in [-0.25, -0.2) is 10.2 Å². The number of benzene rings is 2. The normalized spacial score (nSPS) is 10.4. The van der Waals surface area contributed by atoms with Crippen LogP contribution in [0.5, 0.6) is 5.75 Å². The van der Waals surface area contributed by atoms with E-state index < -0.39 is 12.6 Å². The van der Waals surface area contributed by atoms with E-state index in [0.717, 1.165) is 0 Å². The number of hydrogen-bond donors (Lipinski definition) is 3. The van der Waals surface area contributed by atoms with E-state index in [4.69, 9.17) is 15.6 Å². The molecule has 0 spiro atoms. The number of carboxylic acid groups (broad SMARTS) is 1. The molecule has 0 aliphatic rings. The van der Waals surface area contributed by atoms with Gasteiger partial charge in [0.1, 0.15) is 5.75 Å². The summed E-state index contributed by atoms with van der Waals surface area (Å²) in [6.45, 7) is -0.456. The highest BCUT2D eigenvalue weighted by Gasteiger charge is 2.05. The first-order chi connectivity index (χ1) is 11.1. The SMILES string of the molecule is Nc1ccc(C(=O)N/N=C\c2ccccc2OCC(=O)O)cc1. The van der Waals surface area contributed by atoms with Crippen molar-refractivity contribution in [1.82, 2.24) is 5.43 Å². The predicted octanol–water partition coefficient (Wildman–Crippen LogP) is 1.50. The zero-order chi connectivity index (χ0) is 16.7. The first-order valence-corrected chi connectivity index (χ1v) is 6.69. The number of nitrogens with two attached hydrogens (primary N) is 1. The van der Waals surface area contributed by atoms with Gasteiger partial charge in [0.15, 0.2) is 6.61 Å². The van der Waals surface area contributed by atoms with Crippen LogP contribution in [-0.2, 0) is 4.79 Å². The van der Waals surface area contributed by atoms with Crippen LogP contribution in [0.25, 0.3) is 0 Å². The van der Waals surface area contributed by atoms with Gasteiger partial charge in [-0.3, -0.25) is 4.79 Å². The van der Waals surface area contributed by atoms with E-state index in [1.165, 1.54) is 6.21 Å². The maximum absolute atomic E-state index is 11.9. The number of carbonyl (C=O) groups excluding carboxylic acids is 1. The van der Waals surface area contributed by atoms with Gasteiger partial charge in [0.25, 0.3) is 5.91 Å². The summed E-state index contributed by atoms with van der Waals surface area (Å²) >= 11 is 0. The first kappa shape index (κ1) is 16.0. The van der Waals surface area contributed by atoms with Crippen molar-refractivity contribution in [3.63, 3.8) is 0 Å². The Morgan fingerprint density at radius 3 is 2.57 bits per heavy atom. The standard InChI is InChI=1S/C16H15N3O4/c17-13-7-5-11(6-8-13)16(22)19-18-9-12-3-1-2-4-14(12)23-10-15(20)21/h1-9H,10,17H2,(H,19,22)(H,20,21)/b18-9-. The van der Waals surface area contributed by atoms with Crippen LogP contribution < -0.4 is 15.9 Å². The van der Waals surface area contributed by atoms with Crippen molar-refractivity contribution < 1.29 is 19.4 Å². The molecule has 2 rings (SSSR count). The smallest absolute Gasteiger partial charge is 0.341 e. The number of amides is 1. The molecule has 0 aromatic heterocycles. The molecule has 2 aromatic rings. The van der Waals surface area contributed by atoms with E-state index in [2.05, 4.69) is 10.5 Å². The fourth-order valence-corrected chi connectivity index (χ4v) is 1.72. The molecule has 0 saturated heterocycles. The second-order valence-corrected chi connectivity index (χ2v) is 4.54. The predicted molar refractivity (Wildman–Crippen MR) is 85.5 cm³/mol. The summed E-state index contributed by atoms with van der Waals surface area (Å²) in [6.07, 6.45) is 1.38. The van der Waals surface area contributed by atoms with E-state index in [1.54, 1.807) is 48.5 Å². The number of hydrogen-bond acceptors (Lipinski definition) is 5. The Hall–Kier alpha value is -3.35. The number of carboxylic acids is 1. The van der Waals surface area contributed by atoms with Gasteiger partial charge in [-0.2, -0.15) is 5.10 Å². The summed E-state index contributed by atoms with van der Waals surface area (Å²) < 4.78 is 5.14. The summed E-state index contributed by atoms with van der Waals surface area (Å²) in [5.41, 5.74) is 9.46. The number of ether oxygens (including phenoxy) is 1. The summed E-state index contributed by atoms with van der Waals surface area (Å²) in [5.74, 6) is -1.10. The number of para-hydroxylation sites is 1. The molecular formula is C16H15N3O4. The van der Waals surface area contributed by atoms with Gasteiger partial charge in [0.05, 0.1) is 6.21 Å². The Labute approximate surface area is 132 Å². The number of nitrogens with zero attached hydrogens (tertiary/aromatic N) is 1. The third-order valence-electron chi connectivity index (χ3n) is 2.81. The molecule has 7 heteroatoms. The molecule has 23 heavy (non-hydrogen) atoms. The lowest BCUT2D eigenvalue weighted by molar-refractivity contribution is -0.139. The van der Waals surface area contributed by atoms with Crippen LogP contribution >= 0.6 is 0 Å². The zero-order valence-electron chi connectivity index (χ0n) is 12.1. The van der Waals surface area contributed by atoms with E-state index in [9.17, 15) is 9.59 Å². The highest BCUT2D eigenvalue weighted by Crippen LogP contribution is 2.15. The molecule has 0 unspecified atom stereocenters. The molecule has 0 saturated carbocycles. The lowest BCUT2D eigenvalue weighted by Crippen LogP contribution is -2.17. The quantitative estimate of drug-likeness (QED) is 0.425. The maximum Gasteiger partial charge on any atom is 0.341 e. The molecule has 0 radical (unpaired) electrons. The molecule has 0 fully saturated rings. The molecule has 118 valence electrons. The third kappa shape index (κ3) is 4.85. The summed E-state index contributed by atoms with van der Waals surface area (Å²) in [6, 6.07) is 13.2. The number of hydrazone groups is 1. The van der Waals surface area contributed by atoms with Crippen LogP contribution in [-0.4, -0.2) is 29.8 Å². The van der Waals surface area contributed by atoms with Crippen molar-refractivity contribution in [3.8, 4) is 5.75 Å². The van der Waals surface area contributed by atoms with Crippen molar-refractivity contribution in [2.45, 2.75) is 0 Å². The lowest BCUT2D eigenvalue weighted by atomic mass is 10.2. The summed E-state index contributed by atoms with van der Waals surface area (Å²) in [5, 5.41) is 12.5. The van der Waals surface area contributed by atoms with Gasteiger partial charge in [-0.1, -0.05) is 12.1 Å². The highest BCUT2D eigenvalue weighted by atomic mass is 16.5. The van der Waals surface area contributed by atoms with Gasteiger partial charge in [0, 0.05) is 16.8 Å². The lowest BCUT2D eigenvalue weighted by Gasteiger charge is -2.06. The fourth-order valence-electron chi connectivity index (χ4n) is 1.72. The highest BCUT2D eigenvalue weighted by molar-refractivity contribution is 5.95. The van der Waals surface area contributed by atoms with E-state index in [1.807, 2.05) is 0 Å². The van der Waals surface area contributed by atoms with Gasteiger partial charge in [-0.05, 0) is 36.4 Å². The van der Waals surface area contributed by atoms with E-state index in [0.29, 0.717) is 22.6 Å². The minimum atomic E-state index is -1.08. The van der Waals surface area contributed by atoms with Gasteiger partial charge in [0.2, 0.25) is 0 Å². The van der Waals surface area contributed by atoms with Crippen molar-refractivity contribution in [1.29, 1.82) is 0 Å². The van der Waals surface area contributed by atoms with E-state index in [-0.39, 0.29) is 5.91 Å². The zero-order valence-corrected chi connectivity index (χ0v) is 12.1. The average molecular weight is 313 g/mol. The Morgan fingerprint density at radius 1 is 1.17 bits per heavy atom. The van der Waals surface area contributed by atoms with Gasteiger partial charge >= 0.3 is 5.97 Å². The number of aliphatic carboxylic acids is 1. The molecule has 0 heterocycles. The van der Waals surface area contributed by atoms with Crippen molar-refractivity contribution >= 4 is 23.8 Å². The molecule has 0 bridgehead atoms. The van der Waals surface area contributed by atoms with E-state index >= 15 is 0 Å². The minimum Gasteiger partial charge on any atom is -0.481 e. The van der Waals surface area contributed by atoms with Crippen LogP contribution in [0.4, 0.5) is 5.69 Å². The van der Waals surface area contributed by atoms with Gasteiger partial charge < -0.3 is 15.6 Å². The number of carbonyl (C=O) groups is 2. The monoisotopic (exact) mass is 313 g/mol. The molecule has 0 atom stereocenters. The molecular weight excluding hydrogens is 298 g/mol. The Morgan fingerprint density at radius 2 is 1.87 bits per heavy atom. The number of nitrogen functional groups attached to an aromatic ring is 1. The maximum atomic E-state index is 11.9. The van der Waals surface area contributed by atoms with Crippen LogP contribution in [0.2, 0.25) is 0 Å². The van der Waals surface area contributed by atoms with Crippen LogP contribution in [0, 0.1) is 0 Å². The second-order valence-electron chi connectivity index (χ2n) is 4.54. The Bertz CT molecular complexity index is 726. The third-order valence-corrected chi connectivity index (χ3v) is 2.81.